The Bertz CT molecular complexity index is 734. The molecule has 0 saturated carbocycles. The summed E-state index contributed by atoms with van der Waals surface area (Å²) in [4.78, 5) is 9.57. The van der Waals surface area contributed by atoms with Gasteiger partial charge in [0.1, 0.15) is 5.82 Å². The van der Waals surface area contributed by atoms with Gasteiger partial charge in [-0.2, -0.15) is 0 Å². The third-order valence-electron chi connectivity index (χ3n) is 4.39. The number of nitrogens with zero attached hydrogens (tertiary/aromatic N) is 2. The van der Waals surface area contributed by atoms with Gasteiger partial charge in [0.05, 0.1) is 14.2 Å². The molecular weight excluding hydrogens is 318 g/mol. The Hall–Kier alpha value is -2.34. The standard InChI is InChI=1S/C19H25N3O3/c1-23-11-5-10-20-19-14-6-4-7-15(14)21-18(22-19)13-8-9-16(24-2)17(12-13)25-3/h8-9,12H,4-7,10-11H2,1-3H3,(H,20,21,22). The van der Waals surface area contributed by atoms with Gasteiger partial charge in [0, 0.05) is 37.1 Å². The van der Waals surface area contributed by atoms with E-state index < -0.39 is 0 Å². The SMILES string of the molecule is COCCCNc1nc(-c2ccc(OC)c(OC)c2)nc2c1CCC2. The lowest BCUT2D eigenvalue weighted by Gasteiger charge is -2.13. The number of fused-ring (bicyclic) bond motifs is 1. The third-order valence-corrected chi connectivity index (χ3v) is 4.39. The Morgan fingerprint density at radius 1 is 1.04 bits per heavy atom. The molecule has 0 saturated heterocycles. The molecule has 6 heteroatoms. The maximum atomic E-state index is 5.40. The van der Waals surface area contributed by atoms with Crippen molar-refractivity contribution in [3.63, 3.8) is 0 Å². The minimum Gasteiger partial charge on any atom is -0.493 e. The van der Waals surface area contributed by atoms with E-state index in [0.717, 1.165) is 61.7 Å². The lowest BCUT2D eigenvalue weighted by atomic mass is 10.1. The molecule has 6 nitrogen and oxygen atoms in total. The average Bonchev–Trinajstić information content (AvgIpc) is 3.13. The number of hydrogen-bond donors (Lipinski definition) is 1. The topological polar surface area (TPSA) is 65.5 Å². The number of nitrogens with one attached hydrogen (secondary N) is 1. The summed E-state index contributed by atoms with van der Waals surface area (Å²) in [6.07, 6.45) is 4.12. The van der Waals surface area contributed by atoms with Crippen molar-refractivity contribution >= 4 is 5.82 Å². The van der Waals surface area contributed by atoms with Crippen molar-refractivity contribution in [2.45, 2.75) is 25.7 Å². The number of benzene rings is 1. The molecular formula is C19H25N3O3. The lowest BCUT2D eigenvalue weighted by molar-refractivity contribution is 0.197. The summed E-state index contributed by atoms with van der Waals surface area (Å²) >= 11 is 0. The van der Waals surface area contributed by atoms with Crippen molar-refractivity contribution in [1.29, 1.82) is 0 Å². The first kappa shape index (κ1) is 17.5. The number of hydrogen-bond acceptors (Lipinski definition) is 6. The van der Waals surface area contributed by atoms with Crippen molar-refractivity contribution in [3.05, 3.63) is 29.5 Å². The summed E-state index contributed by atoms with van der Waals surface area (Å²) in [5.74, 6) is 3.04. The predicted molar refractivity (Wildman–Crippen MR) is 97.6 cm³/mol. The Labute approximate surface area is 148 Å². The molecule has 3 rings (SSSR count). The zero-order chi connectivity index (χ0) is 17.6. The Kier molecular flexibility index (Phi) is 5.71. The van der Waals surface area contributed by atoms with Crippen LogP contribution in [0.4, 0.5) is 5.82 Å². The molecule has 1 aromatic carbocycles. The third kappa shape index (κ3) is 3.85. The monoisotopic (exact) mass is 343 g/mol. The molecule has 25 heavy (non-hydrogen) atoms. The quantitative estimate of drug-likeness (QED) is 0.743. The second-order valence-corrected chi connectivity index (χ2v) is 6.02. The first-order chi connectivity index (χ1) is 12.3. The Morgan fingerprint density at radius 3 is 2.64 bits per heavy atom. The second-order valence-electron chi connectivity index (χ2n) is 6.02. The van der Waals surface area contributed by atoms with Crippen LogP contribution in [-0.2, 0) is 17.6 Å². The number of aromatic nitrogens is 2. The molecule has 1 N–H and O–H groups in total. The van der Waals surface area contributed by atoms with E-state index in [1.54, 1.807) is 21.3 Å². The summed E-state index contributed by atoms with van der Waals surface area (Å²) in [5, 5.41) is 3.45. The van der Waals surface area contributed by atoms with Crippen molar-refractivity contribution in [2.75, 3.05) is 39.8 Å². The van der Waals surface area contributed by atoms with Gasteiger partial charge < -0.3 is 19.5 Å². The van der Waals surface area contributed by atoms with Crippen LogP contribution in [0.3, 0.4) is 0 Å². The van der Waals surface area contributed by atoms with Crippen LogP contribution < -0.4 is 14.8 Å². The van der Waals surface area contributed by atoms with Crippen LogP contribution in [0.5, 0.6) is 11.5 Å². The van der Waals surface area contributed by atoms with E-state index >= 15 is 0 Å². The molecule has 0 fully saturated rings. The van der Waals surface area contributed by atoms with Gasteiger partial charge in [0.2, 0.25) is 0 Å². The fraction of sp³-hybridized carbons (Fsp3) is 0.474. The second kappa shape index (κ2) is 8.16. The van der Waals surface area contributed by atoms with Gasteiger partial charge in [-0.05, 0) is 43.9 Å². The molecule has 0 bridgehead atoms. The number of ether oxygens (including phenoxy) is 3. The lowest BCUT2D eigenvalue weighted by Crippen LogP contribution is -2.10. The van der Waals surface area contributed by atoms with Gasteiger partial charge in [0.25, 0.3) is 0 Å². The summed E-state index contributed by atoms with van der Waals surface area (Å²) in [7, 11) is 4.98. The smallest absolute Gasteiger partial charge is 0.161 e. The molecule has 134 valence electrons. The largest absolute Gasteiger partial charge is 0.493 e. The maximum absolute atomic E-state index is 5.40. The van der Waals surface area contributed by atoms with Crippen molar-refractivity contribution in [2.24, 2.45) is 0 Å². The highest BCUT2D eigenvalue weighted by Gasteiger charge is 2.20. The molecule has 1 aliphatic rings. The molecule has 1 aliphatic carbocycles. The van der Waals surface area contributed by atoms with Gasteiger partial charge in [-0.15, -0.1) is 0 Å². The fourth-order valence-corrected chi connectivity index (χ4v) is 3.11. The van der Waals surface area contributed by atoms with Gasteiger partial charge in [-0.3, -0.25) is 0 Å². The van der Waals surface area contributed by atoms with E-state index in [1.807, 2.05) is 18.2 Å². The molecule has 0 amide bonds. The van der Waals surface area contributed by atoms with Crippen LogP contribution in [0.15, 0.2) is 18.2 Å². The van der Waals surface area contributed by atoms with Gasteiger partial charge >= 0.3 is 0 Å². The molecule has 1 aromatic heterocycles. The first-order valence-corrected chi connectivity index (χ1v) is 8.61. The van der Waals surface area contributed by atoms with Crippen LogP contribution in [0.1, 0.15) is 24.1 Å². The van der Waals surface area contributed by atoms with Crippen molar-refractivity contribution in [1.82, 2.24) is 9.97 Å². The van der Waals surface area contributed by atoms with Crippen LogP contribution in [0.2, 0.25) is 0 Å². The average molecular weight is 343 g/mol. The van der Waals surface area contributed by atoms with E-state index in [1.165, 1.54) is 5.56 Å². The number of rotatable bonds is 8. The van der Waals surface area contributed by atoms with Crippen LogP contribution in [0, 0.1) is 0 Å². The van der Waals surface area contributed by atoms with Crippen molar-refractivity contribution < 1.29 is 14.2 Å². The molecule has 0 spiro atoms. The number of aryl methyl sites for hydroxylation is 1. The van der Waals surface area contributed by atoms with E-state index in [9.17, 15) is 0 Å². The van der Waals surface area contributed by atoms with Crippen molar-refractivity contribution in [3.8, 4) is 22.9 Å². The number of anilines is 1. The Morgan fingerprint density at radius 2 is 1.88 bits per heavy atom. The van der Waals surface area contributed by atoms with E-state index in [2.05, 4.69) is 5.32 Å². The zero-order valence-electron chi connectivity index (χ0n) is 15.1. The summed E-state index contributed by atoms with van der Waals surface area (Å²) in [6, 6.07) is 5.77. The molecule has 0 atom stereocenters. The normalized spacial score (nSPS) is 12.8. The first-order valence-electron chi connectivity index (χ1n) is 8.61. The van der Waals surface area contributed by atoms with E-state index in [0.29, 0.717) is 11.5 Å². The summed E-state index contributed by atoms with van der Waals surface area (Å²) < 4.78 is 15.8. The van der Waals surface area contributed by atoms with Gasteiger partial charge in [-0.25, -0.2) is 9.97 Å². The van der Waals surface area contributed by atoms with Gasteiger partial charge in [0.15, 0.2) is 17.3 Å². The van der Waals surface area contributed by atoms with Crippen LogP contribution >= 0.6 is 0 Å². The summed E-state index contributed by atoms with van der Waals surface area (Å²) in [6.45, 7) is 1.57. The zero-order valence-corrected chi connectivity index (χ0v) is 15.1. The van der Waals surface area contributed by atoms with E-state index in [-0.39, 0.29) is 0 Å². The maximum Gasteiger partial charge on any atom is 0.161 e. The highest BCUT2D eigenvalue weighted by atomic mass is 16.5. The molecule has 1 heterocycles. The van der Waals surface area contributed by atoms with Crippen LogP contribution in [0.25, 0.3) is 11.4 Å². The van der Waals surface area contributed by atoms with E-state index in [4.69, 9.17) is 24.2 Å². The molecule has 0 unspecified atom stereocenters. The minimum absolute atomic E-state index is 0.679. The van der Waals surface area contributed by atoms with Crippen LogP contribution in [-0.4, -0.2) is 44.4 Å². The highest BCUT2D eigenvalue weighted by molar-refractivity contribution is 5.64. The summed E-state index contributed by atoms with van der Waals surface area (Å²) in [5.41, 5.74) is 3.32. The van der Waals surface area contributed by atoms with Gasteiger partial charge in [-0.1, -0.05) is 0 Å². The highest BCUT2D eigenvalue weighted by Crippen LogP contribution is 2.33. The fourth-order valence-electron chi connectivity index (χ4n) is 3.11. The molecule has 2 aromatic rings. The molecule has 0 radical (unpaired) electrons. The number of methoxy groups -OCH3 is 3. The minimum atomic E-state index is 0.679. The predicted octanol–water partition coefficient (Wildman–Crippen LogP) is 3.10. The molecule has 0 aliphatic heterocycles. The Balaban J connectivity index is 1.91.